The number of hydrogen-bond acceptors (Lipinski definition) is 10. The summed E-state index contributed by atoms with van der Waals surface area (Å²) in [5.74, 6) is 16.1. The summed E-state index contributed by atoms with van der Waals surface area (Å²) in [4.78, 5) is 45.7. The maximum absolute atomic E-state index is 5.60. The van der Waals surface area contributed by atoms with Crippen LogP contribution in [0.4, 0.5) is 0 Å². The van der Waals surface area contributed by atoms with Gasteiger partial charge in [0.15, 0.2) is 0 Å². The summed E-state index contributed by atoms with van der Waals surface area (Å²) in [6, 6.07) is 8.97. The Kier molecular flexibility index (Phi) is 30.0. The second-order valence-corrected chi connectivity index (χ2v) is 30.9. The van der Waals surface area contributed by atoms with Gasteiger partial charge in [0, 0.05) is 72.6 Å². The van der Waals surface area contributed by atoms with E-state index in [0.29, 0.717) is 0 Å². The van der Waals surface area contributed by atoms with Gasteiger partial charge < -0.3 is 30.4 Å². The van der Waals surface area contributed by atoms with Crippen molar-refractivity contribution in [1.29, 1.82) is 0 Å². The molecule has 566 valence electrons. The van der Waals surface area contributed by atoms with Crippen LogP contribution in [0.5, 0.6) is 0 Å². The van der Waals surface area contributed by atoms with E-state index >= 15 is 0 Å². The third-order valence-electron chi connectivity index (χ3n) is 22.6. The number of nitrogens with zero attached hydrogens (tertiary/aromatic N) is 8. The van der Waals surface area contributed by atoms with Crippen molar-refractivity contribution in [1.82, 2.24) is 30.4 Å². The van der Waals surface area contributed by atoms with Crippen molar-refractivity contribution in [3.05, 3.63) is 213 Å². The summed E-state index contributed by atoms with van der Waals surface area (Å²) in [7, 11) is 4.20. The summed E-state index contributed by atoms with van der Waals surface area (Å²) in [6.45, 7) is 9.18. The van der Waals surface area contributed by atoms with E-state index in [2.05, 4.69) is 205 Å². The van der Waals surface area contributed by atoms with Crippen LogP contribution in [0.15, 0.2) is 220 Å². The zero-order valence-electron chi connectivity index (χ0n) is 66.4. The Labute approximate surface area is 648 Å². The van der Waals surface area contributed by atoms with Crippen LogP contribution >= 0.6 is 0 Å². The van der Waals surface area contributed by atoms with Crippen LogP contribution in [-0.4, -0.2) is 68.1 Å². The lowest BCUT2D eigenvalue weighted by atomic mass is 9.99. The monoisotopic (exact) mass is 1440 g/mol. The second-order valence-electron chi connectivity index (χ2n) is 30.9. The van der Waals surface area contributed by atoms with Crippen LogP contribution in [-0.2, 0) is 0 Å². The number of H-pyrrole nitrogens is 2. The molecule has 16 bridgehead atoms. The van der Waals surface area contributed by atoms with Crippen molar-refractivity contribution >= 4 is 56.6 Å². The minimum atomic E-state index is 0.742. The first-order valence-corrected chi connectivity index (χ1v) is 42.6. The molecular weight excluding hydrogens is 1320 g/mol. The quantitative estimate of drug-likeness (QED) is 0.0390. The summed E-state index contributed by atoms with van der Waals surface area (Å²) in [6.07, 6.45) is 83.0. The molecule has 0 fully saturated rings. The number of aliphatic imine (C=N–C) groups is 6. The van der Waals surface area contributed by atoms with Gasteiger partial charge in [-0.15, -0.1) is 0 Å². The average Bonchev–Trinajstić information content (AvgIpc) is 1.63. The summed E-state index contributed by atoms with van der Waals surface area (Å²) >= 11 is 0. The molecule has 2 aromatic heterocycles. The fourth-order valence-electron chi connectivity index (χ4n) is 16.3. The molecule has 12 heteroatoms. The highest BCUT2D eigenvalue weighted by Crippen LogP contribution is 2.39. The Hall–Kier alpha value is -9.26. The molecule has 0 spiro atoms. The topological polar surface area (TPSA) is 136 Å². The Morgan fingerprint density at radius 1 is 0.278 bits per heavy atom. The van der Waals surface area contributed by atoms with E-state index < -0.39 is 0 Å². The molecule has 12 rings (SSSR count). The molecule has 0 unspecified atom stereocenters. The molecule has 12 heterocycles. The predicted octanol–water partition coefficient (Wildman–Crippen LogP) is 24.6. The fourth-order valence-corrected chi connectivity index (χ4v) is 16.3. The lowest BCUT2D eigenvalue weighted by Gasteiger charge is -2.17. The second kappa shape index (κ2) is 41.3. The Bertz CT molecular complexity index is 4140. The van der Waals surface area contributed by atoms with Crippen LogP contribution in [0, 0.1) is 23.7 Å². The van der Waals surface area contributed by atoms with Gasteiger partial charge in [0.05, 0.1) is 102 Å². The van der Waals surface area contributed by atoms with Crippen molar-refractivity contribution in [3.8, 4) is 23.7 Å². The molecule has 10 aliphatic heterocycles. The normalized spacial score (nSPS) is 18.8. The van der Waals surface area contributed by atoms with E-state index in [4.69, 9.17) is 30.0 Å². The summed E-state index contributed by atoms with van der Waals surface area (Å²) < 4.78 is 0. The maximum atomic E-state index is 5.60. The standard InChI is InChI=1S/C96H122N12/c1-7-11-15-19-23-27-31-35-39-45-71-77-51-55-81(99-77)75(82-56-52-78(100-82)72(46-40-36-32-28-24-20-16-12-8-2)86-60-64-90(104-86)93(89-63-59-85(71)103-89)95-97-67-69-107(95)5)49-43-44-50-76-83-57-53-79(101-83)73(47-41-37-33-29-25-21-17-13-9-3)87-61-65-91(105-87)94(96-98-68-70-108(96)6)92-66-62-88(106-92)74(80-54-58-84(76)102-80)48-42-38-34-30-26-22-18-14-10-4/h51-70,97-98,103,105H,7-42,45-48H2,1-6H3/b77-71?,79-73?,82-75?,84-76?,86-72?,88-74?,95-93+,96-94+. The van der Waals surface area contributed by atoms with Crippen LogP contribution < -0.4 is 10.6 Å². The minimum Gasteiger partial charge on any atom is -0.355 e. The zero-order chi connectivity index (χ0) is 74.5. The number of fused-ring (bicyclic) bond motifs is 10. The molecule has 0 aromatic carbocycles. The predicted molar refractivity (Wildman–Crippen MR) is 460 cm³/mol. The van der Waals surface area contributed by atoms with Gasteiger partial charge in [0.2, 0.25) is 0 Å². The van der Waals surface area contributed by atoms with Gasteiger partial charge in [0.1, 0.15) is 11.6 Å². The average molecular weight is 1440 g/mol. The molecule has 0 radical (unpaired) electrons. The highest BCUT2D eigenvalue weighted by atomic mass is 15.3. The lowest BCUT2D eigenvalue weighted by Crippen LogP contribution is -2.19. The van der Waals surface area contributed by atoms with E-state index in [1.165, 1.54) is 204 Å². The highest BCUT2D eigenvalue weighted by Gasteiger charge is 2.30. The van der Waals surface area contributed by atoms with Crippen LogP contribution in [0.25, 0.3) is 22.3 Å². The minimum absolute atomic E-state index is 0.742. The first-order chi connectivity index (χ1) is 53.3. The van der Waals surface area contributed by atoms with Gasteiger partial charge in [-0.05, 0) is 172 Å². The first-order valence-electron chi connectivity index (χ1n) is 42.6. The van der Waals surface area contributed by atoms with Crippen molar-refractivity contribution < 1.29 is 0 Å². The molecule has 0 amide bonds. The van der Waals surface area contributed by atoms with Crippen molar-refractivity contribution in [3.63, 3.8) is 0 Å². The molecular formula is C96H122N12. The highest BCUT2D eigenvalue weighted by molar-refractivity contribution is 6.32. The number of unbranched alkanes of at least 4 members (excludes halogenated alkanes) is 32. The fraction of sp³-hybridized carbons (Fsp3) is 0.479. The van der Waals surface area contributed by atoms with E-state index in [9.17, 15) is 0 Å². The number of nitrogens with one attached hydrogen (secondary N) is 4. The van der Waals surface area contributed by atoms with E-state index in [1.54, 1.807) is 0 Å². The molecule has 0 saturated heterocycles. The maximum Gasteiger partial charge on any atom is 0.121 e. The number of allylic oxidation sites excluding steroid dienone is 20. The SMILES string of the molecule is CCCCCCCCCCCC1=C2C=CC(=N2)/C(=C2\NC=CN2C)c2ccc([nH]2)C(CCCCCCCCCCC)=C2C=CC(=N2)C(C#CC#CC2=C3C=CC(=N3)C(CCCCCCCCCCC)=C3C=CC(=N3)/C(=C3\NC=CN3C)c3ccc([nH]3)C(CCCCCCCCCCC)=C3C=CC2=N3)=C2C=CC1=N2. The molecule has 2 aromatic rings. The van der Waals surface area contributed by atoms with Crippen LogP contribution in [0.3, 0.4) is 0 Å². The number of aromatic amines is 2. The summed E-state index contributed by atoms with van der Waals surface area (Å²) in [5, 5.41) is 7.17. The van der Waals surface area contributed by atoms with E-state index in [1.807, 2.05) is 12.4 Å². The zero-order valence-corrected chi connectivity index (χ0v) is 66.4. The number of hydrogen-bond donors (Lipinski definition) is 4. The molecule has 4 N–H and O–H groups in total. The van der Waals surface area contributed by atoms with Gasteiger partial charge in [-0.1, -0.05) is 233 Å². The molecule has 12 nitrogen and oxygen atoms in total. The third-order valence-corrected chi connectivity index (χ3v) is 22.6. The van der Waals surface area contributed by atoms with Gasteiger partial charge in [0.25, 0.3) is 0 Å². The third kappa shape index (κ3) is 20.9. The van der Waals surface area contributed by atoms with Crippen molar-refractivity contribution in [2.45, 2.75) is 285 Å². The van der Waals surface area contributed by atoms with E-state index in [-0.39, 0.29) is 0 Å². The van der Waals surface area contributed by atoms with Crippen LogP contribution in [0.2, 0.25) is 0 Å². The number of aromatic nitrogens is 2. The molecule has 10 aliphatic rings. The van der Waals surface area contributed by atoms with E-state index in [0.717, 1.165) is 201 Å². The van der Waals surface area contributed by atoms with Gasteiger partial charge >= 0.3 is 0 Å². The van der Waals surface area contributed by atoms with Gasteiger partial charge in [-0.25, -0.2) is 30.0 Å². The largest absolute Gasteiger partial charge is 0.355 e. The number of rotatable bonds is 40. The van der Waals surface area contributed by atoms with Crippen molar-refractivity contribution in [2.75, 3.05) is 14.1 Å². The van der Waals surface area contributed by atoms with Gasteiger partial charge in [-0.2, -0.15) is 0 Å². The first kappa shape index (κ1) is 78.3. The smallest absolute Gasteiger partial charge is 0.121 e. The van der Waals surface area contributed by atoms with Crippen molar-refractivity contribution in [2.24, 2.45) is 30.0 Å². The molecule has 0 atom stereocenters. The Balaban J connectivity index is 0.947. The van der Waals surface area contributed by atoms with Crippen LogP contribution in [0.1, 0.15) is 307 Å². The van der Waals surface area contributed by atoms with Gasteiger partial charge in [-0.3, -0.25) is 0 Å². The molecule has 0 saturated carbocycles. The summed E-state index contributed by atoms with van der Waals surface area (Å²) in [5.41, 5.74) is 22.9. The Morgan fingerprint density at radius 3 is 0.861 bits per heavy atom. The Morgan fingerprint density at radius 2 is 0.537 bits per heavy atom. The molecule has 108 heavy (non-hydrogen) atoms. The lowest BCUT2D eigenvalue weighted by molar-refractivity contribution is 0.565. The molecule has 0 aliphatic carbocycles.